The third kappa shape index (κ3) is 5.14. The highest BCUT2D eigenvalue weighted by molar-refractivity contribution is 5.81. The molecule has 0 radical (unpaired) electrons. The van der Waals surface area contributed by atoms with Gasteiger partial charge in [-0.05, 0) is 31.0 Å². The molecule has 94 valence electrons. The SMILES string of the molecule is CCNC(C)CC(=O)Cc1ccc(CC)cc1. The number of carbonyl (C=O) groups excluding carboxylic acids is 1. The van der Waals surface area contributed by atoms with Gasteiger partial charge < -0.3 is 5.32 Å². The molecule has 1 unspecified atom stereocenters. The number of hydrogen-bond donors (Lipinski definition) is 1. The molecule has 0 spiro atoms. The number of aryl methyl sites for hydroxylation is 1. The highest BCUT2D eigenvalue weighted by atomic mass is 16.1. The molecule has 0 aliphatic heterocycles. The van der Waals surface area contributed by atoms with E-state index >= 15 is 0 Å². The van der Waals surface area contributed by atoms with Crippen LogP contribution in [0.2, 0.25) is 0 Å². The van der Waals surface area contributed by atoms with Crippen molar-refractivity contribution in [3.8, 4) is 0 Å². The van der Waals surface area contributed by atoms with Crippen LogP contribution in [0.25, 0.3) is 0 Å². The minimum absolute atomic E-state index is 0.280. The zero-order valence-corrected chi connectivity index (χ0v) is 11.1. The van der Waals surface area contributed by atoms with Crippen LogP contribution in [0.1, 0.15) is 38.3 Å². The molecule has 0 fully saturated rings. The summed E-state index contributed by atoms with van der Waals surface area (Å²) < 4.78 is 0. The minimum atomic E-state index is 0.280. The summed E-state index contributed by atoms with van der Waals surface area (Å²) in [6, 6.07) is 8.62. The van der Waals surface area contributed by atoms with Crippen molar-refractivity contribution in [3.63, 3.8) is 0 Å². The van der Waals surface area contributed by atoms with E-state index in [-0.39, 0.29) is 6.04 Å². The van der Waals surface area contributed by atoms with Gasteiger partial charge in [0, 0.05) is 18.9 Å². The molecular weight excluding hydrogens is 210 g/mol. The third-order valence-electron chi connectivity index (χ3n) is 2.92. The first-order valence-electron chi connectivity index (χ1n) is 6.48. The summed E-state index contributed by atoms with van der Waals surface area (Å²) in [5, 5.41) is 3.26. The molecule has 0 aliphatic rings. The van der Waals surface area contributed by atoms with Crippen molar-refractivity contribution in [2.75, 3.05) is 6.54 Å². The number of benzene rings is 1. The van der Waals surface area contributed by atoms with Gasteiger partial charge in [0.2, 0.25) is 0 Å². The third-order valence-corrected chi connectivity index (χ3v) is 2.92. The minimum Gasteiger partial charge on any atom is -0.314 e. The van der Waals surface area contributed by atoms with Crippen LogP contribution in [0.5, 0.6) is 0 Å². The Hall–Kier alpha value is -1.15. The smallest absolute Gasteiger partial charge is 0.138 e. The van der Waals surface area contributed by atoms with Crippen LogP contribution in [0, 0.1) is 0 Å². The predicted molar refractivity (Wildman–Crippen MR) is 72.3 cm³/mol. The predicted octanol–water partition coefficient (Wildman–Crippen LogP) is 2.75. The normalized spacial score (nSPS) is 12.4. The van der Waals surface area contributed by atoms with E-state index in [0.29, 0.717) is 18.6 Å². The van der Waals surface area contributed by atoms with Crippen LogP contribution in [-0.2, 0) is 17.6 Å². The van der Waals surface area contributed by atoms with E-state index < -0.39 is 0 Å². The molecule has 2 heteroatoms. The Morgan fingerprint density at radius 3 is 2.29 bits per heavy atom. The van der Waals surface area contributed by atoms with Crippen molar-refractivity contribution < 1.29 is 4.79 Å². The molecule has 2 nitrogen and oxygen atoms in total. The Morgan fingerprint density at radius 2 is 1.76 bits per heavy atom. The van der Waals surface area contributed by atoms with E-state index in [2.05, 4.69) is 50.4 Å². The second kappa shape index (κ2) is 7.23. The lowest BCUT2D eigenvalue weighted by atomic mass is 10.0. The molecule has 1 N–H and O–H groups in total. The molecular formula is C15H23NO. The number of carbonyl (C=O) groups is 1. The van der Waals surface area contributed by atoms with Crippen molar-refractivity contribution in [1.82, 2.24) is 5.32 Å². The first-order valence-corrected chi connectivity index (χ1v) is 6.48. The Morgan fingerprint density at radius 1 is 1.18 bits per heavy atom. The fourth-order valence-corrected chi connectivity index (χ4v) is 1.95. The fourth-order valence-electron chi connectivity index (χ4n) is 1.95. The molecule has 1 aromatic carbocycles. The van der Waals surface area contributed by atoms with Gasteiger partial charge in [-0.1, -0.05) is 38.1 Å². The monoisotopic (exact) mass is 233 g/mol. The average Bonchev–Trinajstić information content (AvgIpc) is 2.30. The van der Waals surface area contributed by atoms with Gasteiger partial charge in [-0.15, -0.1) is 0 Å². The summed E-state index contributed by atoms with van der Waals surface area (Å²) in [6.45, 7) is 7.17. The van der Waals surface area contributed by atoms with Gasteiger partial charge in [0.05, 0.1) is 0 Å². The second-order valence-electron chi connectivity index (χ2n) is 4.55. The summed E-state index contributed by atoms with van der Waals surface area (Å²) in [5.41, 5.74) is 2.44. The lowest BCUT2D eigenvalue weighted by Gasteiger charge is -2.11. The van der Waals surface area contributed by atoms with Crippen LogP contribution in [0.3, 0.4) is 0 Å². The largest absolute Gasteiger partial charge is 0.314 e. The Balaban J connectivity index is 2.44. The van der Waals surface area contributed by atoms with E-state index in [1.807, 2.05) is 0 Å². The highest BCUT2D eigenvalue weighted by Crippen LogP contribution is 2.07. The van der Waals surface area contributed by atoms with Gasteiger partial charge in [0.1, 0.15) is 5.78 Å². The van der Waals surface area contributed by atoms with Crippen LogP contribution in [-0.4, -0.2) is 18.4 Å². The molecule has 0 saturated carbocycles. The quantitative estimate of drug-likeness (QED) is 0.784. The van der Waals surface area contributed by atoms with Gasteiger partial charge in [0.25, 0.3) is 0 Å². The summed E-state index contributed by atoms with van der Waals surface area (Å²) in [6.07, 6.45) is 2.22. The van der Waals surface area contributed by atoms with Crippen LogP contribution in [0.15, 0.2) is 24.3 Å². The number of rotatable bonds is 7. The van der Waals surface area contributed by atoms with Crippen LogP contribution in [0.4, 0.5) is 0 Å². The van der Waals surface area contributed by atoms with E-state index in [0.717, 1.165) is 18.5 Å². The average molecular weight is 233 g/mol. The van der Waals surface area contributed by atoms with Gasteiger partial charge in [0.15, 0.2) is 0 Å². The summed E-state index contributed by atoms with van der Waals surface area (Å²) in [7, 11) is 0. The van der Waals surface area contributed by atoms with Gasteiger partial charge in [-0.2, -0.15) is 0 Å². The number of nitrogens with one attached hydrogen (secondary N) is 1. The van der Waals surface area contributed by atoms with Crippen molar-refractivity contribution >= 4 is 5.78 Å². The molecule has 1 rings (SSSR count). The first-order chi connectivity index (χ1) is 8.15. The van der Waals surface area contributed by atoms with E-state index in [1.165, 1.54) is 5.56 Å². The maximum Gasteiger partial charge on any atom is 0.138 e. The molecule has 0 heterocycles. The molecule has 0 saturated heterocycles. The number of hydrogen-bond acceptors (Lipinski definition) is 2. The van der Waals surface area contributed by atoms with Crippen molar-refractivity contribution in [2.45, 2.75) is 46.1 Å². The second-order valence-corrected chi connectivity index (χ2v) is 4.55. The Bertz CT molecular complexity index is 342. The number of Topliss-reactive ketones (excluding diaryl/α,β-unsaturated/α-hetero) is 1. The Kier molecular flexibility index (Phi) is 5.92. The van der Waals surface area contributed by atoms with Crippen LogP contribution >= 0.6 is 0 Å². The first kappa shape index (κ1) is 13.9. The molecule has 0 bridgehead atoms. The van der Waals surface area contributed by atoms with Crippen molar-refractivity contribution in [2.24, 2.45) is 0 Å². The molecule has 0 aromatic heterocycles. The summed E-state index contributed by atoms with van der Waals surface area (Å²) in [4.78, 5) is 11.8. The summed E-state index contributed by atoms with van der Waals surface area (Å²) >= 11 is 0. The maximum absolute atomic E-state index is 11.8. The molecule has 0 aliphatic carbocycles. The Labute approximate surface area is 104 Å². The molecule has 1 atom stereocenters. The molecule has 17 heavy (non-hydrogen) atoms. The maximum atomic E-state index is 11.8. The van der Waals surface area contributed by atoms with Gasteiger partial charge in [-0.25, -0.2) is 0 Å². The zero-order valence-electron chi connectivity index (χ0n) is 11.1. The molecule has 1 aromatic rings. The van der Waals surface area contributed by atoms with Gasteiger partial charge in [-0.3, -0.25) is 4.79 Å². The van der Waals surface area contributed by atoms with E-state index in [1.54, 1.807) is 0 Å². The lowest BCUT2D eigenvalue weighted by Crippen LogP contribution is -2.28. The summed E-state index contributed by atoms with van der Waals surface area (Å²) in [5.74, 6) is 0.308. The number of ketones is 1. The lowest BCUT2D eigenvalue weighted by molar-refractivity contribution is -0.118. The van der Waals surface area contributed by atoms with Crippen LogP contribution < -0.4 is 5.32 Å². The fraction of sp³-hybridized carbons (Fsp3) is 0.533. The van der Waals surface area contributed by atoms with E-state index in [4.69, 9.17) is 0 Å². The van der Waals surface area contributed by atoms with Gasteiger partial charge >= 0.3 is 0 Å². The highest BCUT2D eigenvalue weighted by Gasteiger charge is 2.08. The standard InChI is InChI=1S/C15H23NO/c1-4-13-6-8-14(9-7-13)11-15(17)10-12(3)16-5-2/h6-9,12,16H,4-5,10-11H2,1-3H3. The van der Waals surface area contributed by atoms with E-state index in [9.17, 15) is 4.79 Å². The van der Waals surface area contributed by atoms with Crippen molar-refractivity contribution in [3.05, 3.63) is 35.4 Å². The topological polar surface area (TPSA) is 29.1 Å². The molecule has 0 amide bonds. The van der Waals surface area contributed by atoms with Crippen molar-refractivity contribution in [1.29, 1.82) is 0 Å². The zero-order chi connectivity index (χ0) is 12.7.